The minimum atomic E-state index is -1.29. The van der Waals surface area contributed by atoms with Crippen LogP contribution in [0.5, 0.6) is 0 Å². The Morgan fingerprint density at radius 3 is 2.56 bits per heavy atom. The molecular weight excluding hydrogens is 232 g/mol. The van der Waals surface area contributed by atoms with Crippen LogP contribution in [0, 0.1) is 6.92 Å². The van der Waals surface area contributed by atoms with E-state index in [-0.39, 0.29) is 17.0 Å². The summed E-state index contributed by atoms with van der Waals surface area (Å²) in [6, 6.07) is 0. The predicted molar refractivity (Wildman–Crippen MR) is 59.7 cm³/mol. The smallest absolute Gasteiger partial charge is 0.354 e. The van der Waals surface area contributed by atoms with Crippen molar-refractivity contribution >= 4 is 18.6 Å². The standard InChI is InChI=1S/C9H14N2O4S/c1-4-6(8(13)5(12)3-16)7(9(14)15)11(2)10-4/h5,8,12-13,16H,3H2,1-2H3,(H,14,15). The van der Waals surface area contributed by atoms with E-state index in [1.54, 1.807) is 6.92 Å². The summed E-state index contributed by atoms with van der Waals surface area (Å²) < 4.78 is 1.17. The lowest BCUT2D eigenvalue weighted by Crippen LogP contribution is -2.22. The molecule has 90 valence electrons. The second-order valence-electron chi connectivity index (χ2n) is 3.47. The van der Waals surface area contributed by atoms with Gasteiger partial charge < -0.3 is 15.3 Å². The highest BCUT2D eigenvalue weighted by atomic mass is 32.1. The molecule has 0 saturated heterocycles. The van der Waals surface area contributed by atoms with Gasteiger partial charge in [-0.1, -0.05) is 0 Å². The zero-order chi connectivity index (χ0) is 12.5. The Kier molecular flexibility index (Phi) is 3.95. The van der Waals surface area contributed by atoms with Crippen LogP contribution in [0.4, 0.5) is 0 Å². The fraction of sp³-hybridized carbons (Fsp3) is 0.556. The van der Waals surface area contributed by atoms with Crippen molar-refractivity contribution in [1.29, 1.82) is 0 Å². The molecule has 1 rings (SSSR count). The van der Waals surface area contributed by atoms with E-state index in [0.717, 1.165) is 0 Å². The fourth-order valence-corrected chi connectivity index (χ4v) is 1.77. The Morgan fingerprint density at radius 1 is 1.56 bits per heavy atom. The number of hydrogen-bond donors (Lipinski definition) is 4. The van der Waals surface area contributed by atoms with Gasteiger partial charge in [0, 0.05) is 18.4 Å². The number of aromatic nitrogens is 2. The first-order valence-corrected chi connectivity index (χ1v) is 5.27. The van der Waals surface area contributed by atoms with E-state index >= 15 is 0 Å². The highest BCUT2D eigenvalue weighted by molar-refractivity contribution is 7.80. The van der Waals surface area contributed by atoms with Gasteiger partial charge in [0.15, 0.2) is 5.69 Å². The summed E-state index contributed by atoms with van der Waals surface area (Å²) in [6.07, 6.45) is -2.42. The Bertz CT molecular complexity index is 404. The largest absolute Gasteiger partial charge is 0.477 e. The van der Waals surface area contributed by atoms with Gasteiger partial charge in [-0.25, -0.2) is 4.79 Å². The summed E-state index contributed by atoms with van der Waals surface area (Å²) in [5, 5.41) is 32.2. The summed E-state index contributed by atoms with van der Waals surface area (Å²) in [6.45, 7) is 1.58. The first-order valence-electron chi connectivity index (χ1n) is 4.64. The van der Waals surface area contributed by atoms with Gasteiger partial charge in [-0.2, -0.15) is 17.7 Å². The van der Waals surface area contributed by atoms with Crippen LogP contribution in [0.1, 0.15) is 27.8 Å². The molecule has 0 saturated carbocycles. The maximum atomic E-state index is 11.0. The summed E-state index contributed by atoms with van der Waals surface area (Å²) in [5.74, 6) is -1.15. The molecule has 0 radical (unpaired) electrons. The van der Waals surface area contributed by atoms with Crippen LogP contribution >= 0.6 is 12.6 Å². The number of rotatable bonds is 4. The van der Waals surface area contributed by atoms with E-state index in [9.17, 15) is 15.0 Å². The number of aromatic carboxylic acids is 1. The minimum absolute atomic E-state index is 0.0363. The average Bonchev–Trinajstić information content (AvgIpc) is 2.51. The first-order chi connectivity index (χ1) is 7.40. The van der Waals surface area contributed by atoms with Crippen LogP contribution in [-0.4, -0.2) is 42.9 Å². The van der Waals surface area contributed by atoms with Gasteiger partial charge in [0.2, 0.25) is 0 Å². The maximum Gasteiger partial charge on any atom is 0.354 e. The van der Waals surface area contributed by atoms with Crippen molar-refractivity contribution in [2.75, 3.05) is 5.75 Å². The number of thiol groups is 1. The van der Waals surface area contributed by atoms with E-state index in [2.05, 4.69) is 17.7 Å². The van der Waals surface area contributed by atoms with Crippen molar-refractivity contribution in [3.63, 3.8) is 0 Å². The molecule has 2 atom stereocenters. The van der Waals surface area contributed by atoms with Crippen molar-refractivity contribution < 1.29 is 20.1 Å². The van der Waals surface area contributed by atoms with Crippen LogP contribution in [0.3, 0.4) is 0 Å². The van der Waals surface area contributed by atoms with Crippen LogP contribution in [0.15, 0.2) is 0 Å². The first kappa shape index (κ1) is 13.0. The summed E-state index contributed by atoms with van der Waals surface area (Å²) in [4.78, 5) is 11.0. The van der Waals surface area contributed by atoms with E-state index in [1.165, 1.54) is 11.7 Å². The molecule has 0 fully saturated rings. The number of aliphatic hydroxyl groups is 2. The number of aliphatic hydroxyl groups excluding tert-OH is 2. The molecule has 1 heterocycles. The van der Waals surface area contributed by atoms with Gasteiger partial charge in [-0.05, 0) is 6.92 Å². The number of nitrogens with zero attached hydrogens (tertiary/aromatic N) is 2. The number of carbonyl (C=O) groups is 1. The predicted octanol–water partition coefficient (Wildman–Crippen LogP) is -0.249. The Labute approximate surface area is 97.9 Å². The lowest BCUT2D eigenvalue weighted by molar-refractivity contribution is 0.0317. The normalized spacial score (nSPS) is 14.8. The summed E-state index contributed by atoms with van der Waals surface area (Å²) in [7, 11) is 1.47. The quantitative estimate of drug-likeness (QED) is 0.549. The molecule has 3 N–H and O–H groups in total. The maximum absolute atomic E-state index is 11.0. The van der Waals surface area contributed by atoms with Crippen molar-refractivity contribution in [2.45, 2.75) is 19.1 Å². The zero-order valence-electron chi connectivity index (χ0n) is 8.95. The Hall–Kier alpha value is -1.05. The van der Waals surface area contributed by atoms with Gasteiger partial charge in [0.25, 0.3) is 0 Å². The number of hydrogen-bond acceptors (Lipinski definition) is 5. The molecule has 0 bridgehead atoms. The molecule has 2 unspecified atom stereocenters. The van der Waals surface area contributed by atoms with Crippen LogP contribution in [-0.2, 0) is 7.05 Å². The van der Waals surface area contributed by atoms with E-state index in [1.807, 2.05) is 0 Å². The lowest BCUT2D eigenvalue weighted by Gasteiger charge is -2.16. The molecule has 1 aromatic rings. The SMILES string of the molecule is Cc1nn(C)c(C(=O)O)c1C(O)C(O)CS. The van der Waals surface area contributed by atoms with Crippen molar-refractivity contribution in [3.8, 4) is 0 Å². The van der Waals surface area contributed by atoms with Crippen LogP contribution in [0.25, 0.3) is 0 Å². The molecule has 0 aliphatic carbocycles. The molecule has 16 heavy (non-hydrogen) atoms. The molecule has 0 spiro atoms. The molecule has 0 aliphatic heterocycles. The van der Waals surface area contributed by atoms with E-state index in [4.69, 9.17) is 5.11 Å². The van der Waals surface area contributed by atoms with Gasteiger partial charge in [-0.3, -0.25) is 4.68 Å². The highest BCUT2D eigenvalue weighted by Gasteiger charge is 2.28. The minimum Gasteiger partial charge on any atom is -0.477 e. The molecule has 6 nitrogen and oxygen atoms in total. The number of aryl methyl sites for hydroxylation is 2. The van der Waals surface area contributed by atoms with Gasteiger partial charge in [-0.15, -0.1) is 0 Å². The van der Waals surface area contributed by atoms with Gasteiger partial charge >= 0.3 is 5.97 Å². The molecular formula is C9H14N2O4S. The van der Waals surface area contributed by atoms with E-state index in [0.29, 0.717) is 5.69 Å². The molecule has 0 aliphatic rings. The van der Waals surface area contributed by atoms with Crippen LogP contribution < -0.4 is 0 Å². The summed E-state index contributed by atoms with van der Waals surface area (Å²) >= 11 is 3.85. The zero-order valence-corrected chi connectivity index (χ0v) is 9.85. The summed E-state index contributed by atoms with van der Waals surface area (Å²) in [5.41, 5.74) is 0.399. The number of carboxylic acids is 1. The third-order valence-electron chi connectivity index (χ3n) is 2.32. The number of carboxylic acid groups (broad SMARTS) is 1. The fourth-order valence-electron chi connectivity index (χ4n) is 1.57. The third kappa shape index (κ3) is 2.21. The Morgan fingerprint density at radius 2 is 2.12 bits per heavy atom. The topological polar surface area (TPSA) is 95.6 Å². The third-order valence-corrected chi connectivity index (χ3v) is 2.69. The van der Waals surface area contributed by atoms with Crippen molar-refractivity contribution in [1.82, 2.24) is 9.78 Å². The second kappa shape index (κ2) is 4.86. The Balaban J connectivity index is 3.26. The average molecular weight is 246 g/mol. The van der Waals surface area contributed by atoms with Crippen LogP contribution in [0.2, 0.25) is 0 Å². The molecule has 0 aromatic carbocycles. The molecule has 7 heteroatoms. The highest BCUT2D eigenvalue weighted by Crippen LogP contribution is 2.24. The molecule has 1 aromatic heterocycles. The van der Waals surface area contributed by atoms with Crippen molar-refractivity contribution in [2.24, 2.45) is 7.05 Å². The second-order valence-corrected chi connectivity index (χ2v) is 3.84. The van der Waals surface area contributed by atoms with Gasteiger partial charge in [0.05, 0.1) is 11.8 Å². The van der Waals surface area contributed by atoms with Crippen molar-refractivity contribution in [3.05, 3.63) is 17.0 Å². The van der Waals surface area contributed by atoms with E-state index < -0.39 is 18.2 Å². The monoisotopic (exact) mass is 246 g/mol. The lowest BCUT2D eigenvalue weighted by atomic mass is 10.0. The van der Waals surface area contributed by atoms with Gasteiger partial charge in [0.1, 0.15) is 6.10 Å². The molecule has 0 amide bonds.